The zero-order valence-electron chi connectivity index (χ0n) is 94.6. The molecule has 12 aromatic heterocycles. The SMILES string of the molecule is CC(C)c1ccc(-c2[c-]ccc3c2oc2c([Si](C)(C)C)cccc23)nc1.[2H]C([2H])([2H])c1ccc(-c2[c-]cc([Si](C)(C)C)c3c2oc2ccccc23)nc1.[2H]C([2H])([2H])c1ccc(-c2[c-]ccc3c2oc2ccc([Si](C)(C)C)cc23)nc1.[2H]C([2H])([2H])c1ccc(-c2[c-]ccc3c2oc2cccc([Si](C)(C)C)c23)nc1.[Ir].[Ir].[Ir].[Ir].[c-]1ccccc1-c1ccccn1.[c-]1ccccc1-c1ccccn1.[c-]1ccccc1-c1ccccn1.[c-]1ccccc1-c1ccccn1. The Labute approximate surface area is 951 Å². The molecule has 24 aromatic rings. The van der Waals surface area contributed by atoms with Crippen LogP contribution in [0.2, 0.25) is 78.6 Å². The van der Waals surface area contributed by atoms with E-state index in [0.29, 0.717) is 23.0 Å². The minimum absolute atomic E-state index is 0. The molecule has 0 unspecified atom stereocenters. The van der Waals surface area contributed by atoms with Crippen molar-refractivity contribution in [3.05, 3.63) is 460 Å². The number of fused-ring (bicyclic) bond motifs is 12. The van der Waals surface area contributed by atoms with E-state index < -0.39 is 52.9 Å². The Bertz CT molecular complexity index is 8420. The summed E-state index contributed by atoms with van der Waals surface area (Å²) in [4.78, 5) is 34.7. The first-order valence-electron chi connectivity index (χ1n) is 53.1. The van der Waals surface area contributed by atoms with Gasteiger partial charge in [0.15, 0.2) is 0 Å². The Hall–Kier alpha value is -13.5. The van der Waals surface area contributed by atoms with E-state index in [1.165, 1.54) is 55.7 Å². The Kier molecular flexibility index (Phi) is 34.9. The molecule has 0 aliphatic carbocycles. The monoisotopic (exact) mass is 2750 g/mol. The summed E-state index contributed by atoms with van der Waals surface area (Å²) in [7, 11) is -6.10. The van der Waals surface area contributed by atoms with E-state index in [2.05, 4.69) is 248 Å². The van der Waals surface area contributed by atoms with Crippen LogP contribution in [0.5, 0.6) is 0 Å². The summed E-state index contributed by atoms with van der Waals surface area (Å²) < 4.78 is 92.6. The fourth-order valence-corrected chi connectivity index (χ4v) is 22.7. The van der Waals surface area contributed by atoms with Crippen molar-refractivity contribution in [1.82, 2.24) is 39.9 Å². The van der Waals surface area contributed by atoms with Crippen LogP contribution in [0.4, 0.5) is 0 Å². The van der Waals surface area contributed by atoms with Gasteiger partial charge in [-0.2, -0.15) is 0 Å². The van der Waals surface area contributed by atoms with E-state index in [-0.39, 0.29) is 97.1 Å². The van der Waals surface area contributed by atoms with Crippen LogP contribution < -0.4 is 20.7 Å². The number of aromatic nitrogens is 8. The van der Waals surface area contributed by atoms with Gasteiger partial charge in [-0.05, 0) is 142 Å². The quantitative estimate of drug-likeness (QED) is 0.0797. The number of aryl methyl sites for hydroxylation is 3. The summed E-state index contributed by atoms with van der Waals surface area (Å²) >= 11 is 0. The fraction of sp³-hybridized carbons (Fsp3) is 0.138. The van der Waals surface area contributed by atoms with Gasteiger partial charge >= 0.3 is 0 Å². The van der Waals surface area contributed by atoms with Crippen LogP contribution in [0.25, 0.3) is 178 Å². The maximum absolute atomic E-state index is 7.52. The smallest absolute Gasteiger partial charge is 0.120 e. The Balaban J connectivity index is 0.000000153. The molecule has 0 N–H and O–H groups in total. The molecule has 0 aliphatic heterocycles. The number of nitrogens with zero attached hydrogens (tertiary/aromatic N) is 8. The molecule has 0 saturated carbocycles. The Morgan fingerprint density at radius 3 is 1.01 bits per heavy atom. The van der Waals surface area contributed by atoms with Crippen LogP contribution in [0.15, 0.2) is 407 Å². The second kappa shape index (κ2) is 51.8. The molecular formula is C130H116Ir4N8O4Si4-8. The average molecular weight is 2740 g/mol. The van der Waals surface area contributed by atoms with Gasteiger partial charge in [-0.3, -0.25) is 0 Å². The number of furan rings is 4. The molecule has 0 bridgehead atoms. The molecular weight excluding hydrogens is 2620 g/mol. The summed E-state index contributed by atoms with van der Waals surface area (Å²) in [5.41, 5.74) is 22.7. The third kappa shape index (κ3) is 27.8. The number of hydrogen-bond donors (Lipinski definition) is 0. The predicted molar refractivity (Wildman–Crippen MR) is 617 cm³/mol. The van der Waals surface area contributed by atoms with Crippen LogP contribution in [0, 0.1) is 69.1 Å². The predicted octanol–water partition coefficient (Wildman–Crippen LogP) is 32.2. The standard InChI is InChI=1S/C23H24NOSi.3C21H20NOSi.4C11H8N.4Ir/c1-15(2)16-12-13-20(24-14-16)19-10-6-8-17-18-9-7-11-21(26(3,4)5)23(18)25-22(17)19;1-14-11-12-17(22-13-14)15-7-5-8-16-20-18(23-21(15)16)9-6-10-19(20)24(2,3)4;1-14-8-10-19(22-13-14)17-7-5-6-16-18-12-15(24(2,3)4)9-11-20(18)23-21(16)17;1-14-9-11-17(22-13-14)15-10-12-19(24(2,3)4)20-16-7-5-6-8-18(16)23-21(15)20;4*1-2-6-10(7-3-1)11-8-4-5-9-12-11;;;;/h6-9,11-15H,1-5H3;2*5-6,8-13H,1-4H3;5-9,11-13H,1-4H3;4*1-6,8-9H;;;;/q8*-1;;;;/i;3*1D3;;;;;;;;. The van der Waals surface area contributed by atoms with E-state index in [9.17, 15) is 0 Å². The van der Waals surface area contributed by atoms with Crippen molar-refractivity contribution < 1.29 is 110 Å². The summed E-state index contributed by atoms with van der Waals surface area (Å²) in [6, 6.07) is 136. The molecule has 0 atom stereocenters. The summed E-state index contributed by atoms with van der Waals surface area (Å²) in [6.07, 6.45) is 13.3. The molecule has 12 heterocycles. The van der Waals surface area contributed by atoms with Gasteiger partial charge in [0.1, 0.15) is 22.3 Å². The van der Waals surface area contributed by atoms with E-state index in [4.69, 9.17) is 30.0 Å². The third-order valence-corrected chi connectivity index (χ3v) is 32.6. The minimum atomic E-state index is -2.16. The van der Waals surface area contributed by atoms with Crippen molar-refractivity contribution in [1.29, 1.82) is 0 Å². The fourth-order valence-electron chi connectivity index (χ4n) is 16.9. The van der Waals surface area contributed by atoms with Gasteiger partial charge < -0.3 is 57.5 Å². The van der Waals surface area contributed by atoms with Gasteiger partial charge in [-0.1, -0.05) is 304 Å². The maximum Gasteiger partial charge on any atom is 0.120 e. The number of rotatable bonds is 13. The van der Waals surface area contributed by atoms with E-state index in [1.54, 1.807) is 61.2 Å². The molecule has 0 amide bonds. The van der Waals surface area contributed by atoms with Gasteiger partial charge in [-0.25, -0.2) is 0 Å². The van der Waals surface area contributed by atoms with Crippen molar-refractivity contribution in [2.45, 2.75) is 119 Å². The third-order valence-electron chi connectivity index (χ3n) is 24.5. The largest absolute Gasteiger partial charge is 0.501 e. The van der Waals surface area contributed by atoms with Crippen LogP contribution in [0.1, 0.15) is 54.4 Å². The minimum Gasteiger partial charge on any atom is -0.501 e. The second-order valence-corrected chi connectivity index (χ2v) is 59.6. The first kappa shape index (κ1) is 101. The summed E-state index contributed by atoms with van der Waals surface area (Å²) in [5, 5.41) is 14.3. The molecule has 12 nitrogen and oxygen atoms in total. The van der Waals surface area contributed by atoms with Gasteiger partial charge in [0.25, 0.3) is 0 Å². The molecule has 0 spiro atoms. The molecule has 4 radical (unpaired) electrons. The van der Waals surface area contributed by atoms with Crippen molar-refractivity contribution in [2.75, 3.05) is 0 Å². The van der Waals surface area contributed by atoms with Crippen molar-refractivity contribution in [3.63, 3.8) is 0 Å². The molecule has 150 heavy (non-hydrogen) atoms. The van der Waals surface area contributed by atoms with E-state index in [0.717, 1.165) is 150 Å². The molecule has 760 valence electrons. The number of para-hydroxylation sites is 2. The number of hydrogen-bond acceptors (Lipinski definition) is 12. The molecule has 0 aliphatic rings. The van der Waals surface area contributed by atoms with Gasteiger partial charge in [0, 0.05) is 172 Å². The first-order valence-corrected chi connectivity index (χ1v) is 62.6. The van der Waals surface area contributed by atoms with Crippen molar-refractivity contribution in [3.8, 4) is 90.1 Å². The first-order chi connectivity index (χ1) is 74.2. The second-order valence-electron chi connectivity index (χ2n) is 39.4. The topological polar surface area (TPSA) is 156 Å². The Morgan fingerprint density at radius 2 is 0.607 bits per heavy atom. The van der Waals surface area contributed by atoms with Crippen molar-refractivity contribution in [2.24, 2.45) is 0 Å². The number of benzene rings is 12. The average Bonchev–Trinajstić information content (AvgIpc) is 1.60. The maximum atomic E-state index is 7.52. The van der Waals surface area contributed by atoms with Gasteiger partial charge in [0.05, 0.1) is 46.6 Å². The molecule has 12 aromatic carbocycles. The van der Waals surface area contributed by atoms with Gasteiger partial charge in [-0.15, -0.1) is 215 Å². The molecule has 20 heteroatoms. The van der Waals surface area contributed by atoms with Crippen LogP contribution in [0.3, 0.4) is 0 Å². The van der Waals surface area contributed by atoms with Crippen LogP contribution >= 0.6 is 0 Å². The van der Waals surface area contributed by atoms with Crippen LogP contribution in [-0.2, 0) is 80.4 Å². The van der Waals surface area contributed by atoms with Crippen molar-refractivity contribution >= 4 is 141 Å². The normalized spacial score (nSPS) is 12.2. The van der Waals surface area contributed by atoms with E-state index >= 15 is 0 Å². The number of pyridine rings is 8. The molecule has 0 saturated heterocycles. The summed E-state index contributed by atoms with van der Waals surface area (Å²) in [6.45, 7) is 25.8. The van der Waals surface area contributed by atoms with Crippen LogP contribution in [-0.4, -0.2) is 72.2 Å². The molecule has 24 rings (SSSR count). The zero-order valence-corrected chi connectivity index (χ0v) is 99.2. The molecule has 0 fully saturated rings. The Morgan fingerprint density at radius 1 is 0.247 bits per heavy atom. The van der Waals surface area contributed by atoms with Gasteiger partial charge in [0.2, 0.25) is 0 Å². The zero-order chi connectivity index (χ0) is 110. The summed E-state index contributed by atoms with van der Waals surface area (Å²) in [5.74, 6) is 0.474. The van der Waals surface area contributed by atoms with E-state index in [1.807, 2.05) is 243 Å².